The van der Waals surface area contributed by atoms with Crippen molar-refractivity contribution in [1.82, 2.24) is 9.88 Å². The van der Waals surface area contributed by atoms with E-state index in [1.165, 1.54) is 6.20 Å². The zero-order valence-corrected chi connectivity index (χ0v) is 12.4. The van der Waals surface area contributed by atoms with Crippen molar-refractivity contribution in [3.63, 3.8) is 0 Å². The Balaban J connectivity index is 1.84. The van der Waals surface area contributed by atoms with E-state index in [0.717, 1.165) is 5.56 Å². The fourth-order valence-corrected chi connectivity index (χ4v) is 2.73. The summed E-state index contributed by atoms with van der Waals surface area (Å²) >= 11 is 0. The highest BCUT2D eigenvalue weighted by Gasteiger charge is 2.30. The summed E-state index contributed by atoms with van der Waals surface area (Å²) in [6, 6.07) is 13.0. The van der Waals surface area contributed by atoms with Gasteiger partial charge in [0, 0.05) is 12.7 Å². The Bertz CT molecular complexity index is 711. The third-order valence-corrected chi connectivity index (χ3v) is 3.77. The van der Waals surface area contributed by atoms with Crippen molar-refractivity contribution < 1.29 is 9.53 Å². The van der Waals surface area contributed by atoms with E-state index in [-0.39, 0.29) is 29.2 Å². The number of nitrogens with zero attached hydrogens (tertiary/aromatic N) is 1. The molecule has 2 heterocycles. The van der Waals surface area contributed by atoms with Gasteiger partial charge in [0.1, 0.15) is 11.7 Å². The van der Waals surface area contributed by atoms with Crippen LogP contribution in [0.4, 0.5) is 0 Å². The van der Waals surface area contributed by atoms with Gasteiger partial charge in [0.2, 0.25) is 0 Å². The lowest BCUT2D eigenvalue weighted by molar-refractivity contribution is -0.0692. The van der Waals surface area contributed by atoms with Crippen LogP contribution >= 0.6 is 0 Å². The minimum atomic E-state index is -0.358. The molecule has 2 aromatic rings. The molecule has 1 amide bonds. The first-order valence-corrected chi connectivity index (χ1v) is 7.32. The molecule has 1 aliphatic heterocycles. The number of rotatable bonds is 2. The number of amides is 1. The van der Waals surface area contributed by atoms with Gasteiger partial charge >= 0.3 is 0 Å². The summed E-state index contributed by atoms with van der Waals surface area (Å²) in [5.74, 6) is -0.252. The third kappa shape index (κ3) is 2.94. The van der Waals surface area contributed by atoms with Crippen molar-refractivity contribution in [2.24, 2.45) is 0 Å². The van der Waals surface area contributed by atoms with Gasteiger partial charge in [-0.15, -0.1) is 0 Å². The molecular formula is C17H18N2O3. The highest BCUT2D eigenvalue weighted by Crippen LogP contribution is 2.25. The Kier molecular flexibility index (Phi) is 4.06. The van der Waals surface area contributed by atoms with Gasteiger partial charge in [0.05, 0.1) is 12.6 Å². The number of hydrogen-bond donors (Lipinski definition) is 1. The third-order valence-electron chi connectivity index (χ3n) is 3.77. The maximum Gasteiger partial charge on any atom is 0.260 e. The molecule has 0 aliphatic carbocycles. The smallest absolute Gasteiger partial charge is 0.260 e. The van der Waals surface area contributed by atoms with Gasteiger partial charge in [-0.25, -0.2) is 0 Å². The Morgan fingerprint density at radius 2 is 1.95 bits per heavy atom. The Labute approximate surface area is 128 Å². The molecule has 1 N–H and O–H groups in total. The lowest BCUT2D eigenvalue weighted by Crippen LogP contribution is -2.47. The Morgan fingerprint density at radius 1 is 1.18 bits per heavy atom. The predicted molar refractivity (Wildman–Crippen MR) is 82.7 cm³/mol. The number of aromatic amines is 1. The average Bonchev–Trinajstić information content (AvgIpc) is 2.55. The Hall–Kier alpha value is -2.40. The summed E-state index contributed by atoms with van der Waals surface area (Å²) in [4.78, 5) is 28.6. The number of nitrogens with one attached hydrogen (secondary N) is 1. The van der Waals surface area contributed by atoms with E-state index >= 15 is 0 Å². The molecule has 5 nitrogen and oxygen atoms in total. The molecule has 3 rings (SSSR count). The number of benzene rings is 1. The molecular weight excluding hydrogens is 280 g/mol. The van der Waals surface area contributed by atoms with Crippen LogP contribution in [0, 0.1) is 0 Å². The van der Waals surface area contributed by atoms with Gasteiger partial charge in [-0.1, -0.05) is 30.3 Å². The van der Waals surface area contributed by atoms with Crippen LogP contribution in [0.3, 0.4) is 0 Å². The monoisotopic (exact) mass is 298 g/mol. The number of carbonyl (C=O) groups excluding carboxylic acids is 1. The van der Waals surface area contributed by atoms with E-state index < -0.39 is 0 Å². The zero-order valence-electron chi connectivity index (χ0n) is 12.4. The van der Waals surface area contributed by atoms with Gasteiger partial charge in [-0.05, 0) is 24.6 Å². The molecule has 1 saturated heterocycles. The van der Waals surface area contributed by atoms with Gasteiger partial charge in [-0.3, -0.25) is 9.59 Å². The van der Waals surface area contributed by atoms with E-state index in [4.69, 9.17) is 4.74 Å². The second-order valence-electron chi connectivity index (χ2n) is 5.47. The molecule has 0 bridgehead atoms. The quantitative estimate of drug-likeness (QED) is 0.922. The van der Waals surface area contributed by atoms with Crippen LogP contribution in [0.25, 0.3) is 0 Å². The average molecular weight is 298 g/mol. The lowest BCUT2D eigenvalue weighted by atomic mass is 10.1. The van der Waals surface area contributed by atoms with Crippen molar-refractivity contribution in [2.45, 2.75) is 19.1 Å². The lowest BCUT2D eigenvalue weighted by Gasteiger charge is -2.37. The molecule has 1 aromatic carbocycles. The fourth-order valence-electron chi connectivity index (χ4n) is 2.73. The SMILES string of the molecule is C[C@@H]1CN(C(=O)c2ccc[nH]c2=O)C[C@@H](c2ccccc2)O1. The number of hydrogen-bond acceptors (Lipinski definition) is 3. The van der Waals surface area contributed by atoms with Crippen molar-refractivity contribution in [1.29, 1.82) is 0 Å². The molecule has 0 unspecified atom stereocenters. The van der Waals surface area contributed by atoms with E-state index in [0.29, 0.717) is 13.1 Å². The first kappa shape index (κ1) is 14.5. The van der Waals surface area contributed by atoms with Crippen molar-refractivity contribution >= 4 is 5.91 Å². The number of aromatic nitrogens is 1. The highest BCUT2D eigenvalue weighted by atomic mass is 16.5. The normalized spacial score (nSPS) is 21.6. The number of H-pyrrole nitrogens is 1. The largest absolute Gasteiger partial charge is 0.367 e. The van der Waals surface area contributed by atoms with Crippen LogP contribution in [0.15, 0.2) is 53.5 Å². The van der Waals surface area contributed by atoms with Crippen LogP contribution in [-0.2, 0) is 4.74 Å². The Morgan fingerprint density at radius 3 is 2.68 bits per heavy atom. The first-order valence-electron chi connectivity index (χ1n) is 7.32. The number of pyridine rings is 1. The van der Waals surface area contributed by atoms with Crippen LogP contribution < -0.4 is 5.56 Å². The number of morpholine rings is 1. The van der Waals surface area contributed by atoms with Gasteiger partial charge < -0.3 is 14.6 Å². The van der Waals surface area contributed by atoms with Crippen molar-refractivity contribution in [3.8, 4) is 0 Å². The first-order chi connectivity index (χ1) is 10.6. The summed E-state index contributed by atoms with van der Waals surface area (Å²) in [5.41, 5.74) is 0.847. The summed E-state index contributed by atoms with van der Waals surface area (Å²) in [5, 5.41) is 0. The molecule has 22 heavy (non-hydrogen) atoms. The highest BCUT2D eigenvalue weighted by molar-refractivity contribution is 5.93. The molecule has 0 radical (unpaired) electrons. The fraction of sp³-hybridized carbons (Fsp3) is 0.294. The van der Waals surface area contributed by atoms with E-state index in [1.54, 1.807) is 17.0 Å². The van der Waals surface area contributed by atoms with Crippen LogP contribution in [0.2, 0.25) is 0 Å². The van der Waals surface area contributed by atoms with E-state index in [9.17, 15) is 9.59 Å². The summed E-state index contributed by atoms with van der Waals surface area (Å²) in [7, 11) is 0. The molecule has 1 aliphatic rings. The van der Waals surface area contributed by atoms with Crippen molar-refractivity contribution in [2.75, 3.05) is 13.1 Å². The molecule has 5 heteroatoms. The predicted octanol–water partition coefficient (Wildman–Crippen LogP) is 1.98. The molecule has 2 atom stereocenters. The minimum absolute atomic E-state index is 0.0781. The van der Waals surface area contributed by atoms with E-state index in [2.05, 4.69) is 4.98 Å². The zero-order chi connectivity index (χ0) is 15.5. The van der Waals surface area contributed by atoms with Crippen molar-refractivity contribution in [3.05, 3.63) is 70.1 Å². The maximum atomic E-state index is 12.6. The standard InChI is InChI=1S/C17H18N2O3/c1-12-10-19(17(21)14-8-5-9-18-16(14)20)11-15(22-12)13-6-3-2-4-7-13/h2-9,12,15H,10-11H2,1H3,(H,18,20)/t12-,15+/m1/s1. The molecule has 114 valence electrons. The topological polar surface area (TPSA) is 62.4 Å². The number of carbonyl (C=O) groups is 1. The second kappa shape index (κ2) is 6.15. The summed E-state index contributed by atoms with van der Waals surface area (Å²) < 4.78 is 5.94. The van der Waals surface area contributed by atoms with Gasteiger partial charge in [0.15, 0.2) is 0 Å². The molecule has 1 aromatic heterocycles. The molecule has 0 spiro atoms. The van der Waals surface area contributed by atoms with E-state index in [1.807, 2.05) is 37.3 Å². The van der Waals surface area contributed by atoms with Crippen LogP contribution in [0.5, 0.6) is 0 Å². The number of ether oxygens (including phenoxy) is 1. The van der Waals surface area contributed by atoms with Crippen LogP contribution in [-0.4, -0.2) is 35.0 Å². The van der Waals surface area contributed by atoms with Gasteiger partial charge in [-0.2, -0.15) is 0 Å². The summed E-state index contributed by atoms with van der Waals surface area (Å²) in [6.45, 7) is 2.86. The molecule has 1 fully saturated rings. The van der Waals surface area contributed by atoms with Gasteiger partial charge in [0.25, 0.3) is 11.5 Å². The van der Waals surface area contributed by atoms with Crippen LogP contribution in [0.1, 0.15) is 28.9 Å². The molecule has 0 saturated carbocycles. The minimum Gasteiger partial charge on any atom is -0.367 e. The maximum absolute atomic E-state index is 12.6. The second-order valence-corrected chi connectivity index (χ2v) is 5.47. The summed E-state index contributed by atoms with van der Waals surface area (Å²) in [6.07, 6.45) is 1.27.